The Labute approximate surface area is 167 Å². The Morgan fingerprint density at radius 2 is 1.38 bits per heavy atom. The zero-order valence-electron chi connectivity index (χ0n) is 16.0. The fraction of sp³-hybridized carbons (Fsp3) is 0.100. The van der Waals surface area contributed by atoms with Gasteiger partial charge in [0, 0.05) is 17.8 Å². The predicted octanol–water partition coefficient (Wildman–Crippen LogP) is 3.57. The molecule has 150 valence electrons. The summed E-state index contributed by atoms with van der Waals surface area (Å²) >= 11 is 0. The van der Waals surface area contributed by atoms with Crippen LogP contribution < -0.4 is 26.5 Å². The van der Waals surface area contributed by atoms with Gasteiger partial charge in [-0.1, -0.05) is 0 Å². The Balaban J connectivity index is 0.000000166. The summed E-state index contributed by atoms with van der Waals surface area (Å²) in [5.74, 6) is 8.00. The molecule has 4 aromatic rings. The first-order valence-electron chi connectivity index (χ1n) is 8.52. The molecule has 0 aliphatic heterocycles. The van der Waals surface area contributed by atoms with Crippen LogP contribution in [0.1, 0.15) is 0 Å². The normalized spacial score (nSPS) is 10.0. The third kappa shape index (κ3) is 4.66. The van der Waals surface area contributed by atoms with E-state index in [0.29, 0.717) is 28.7 Å². The maximum absolute atomic E-state index is 5.63. The Bertz CT molecular complexity index is 1030. The number of anilines is 2. The van der Waals surface area contributed by atoms with Crippen molar-refractivity contribution in [2.75, 3.05) is 25.4 Å². The molecule has 5 N–H and O–H groups in total. The van der Waals surface area contributed by atoms with Crippen molar-refractivity contribution in [2.45, 2.75) is 0 Å². The first-order valence-corrected chi connectivity index (χ1v) is 8.52. The van der Waals surface area contributed by atoms with Crippen molar-refractivity contribution in [3.8, 4) is 34.1 Å². The molecule has 0 aliphatic carbocycles. The second-order valence-electron chi connectivity index (χ2n) is 5.75. The van der Waals surface area contributed by atoms with Gasteiger partial charge in [0.25, 0.3) is 0 Å². The molecule has 0 bridgehead atoms. The van der Waals surface area contributed by atoms with E-state index in [2.05, 4.69) is 15.4 Å². The first-order chi connectivity index (χ1) is 14.2. The van der Waals surface area contributed by atoms with E-state index in [0.717, 1.165) is 16.8 Å². The number of hydrogen-bond acceptors (Lipinski definition) is 9. The third-order valence-corrected chi connectivity index (χ3v) is 3.99. The van der Waals surface area contributed by atoms with Crippen molar-refractivity contribution < 1.29 is 18.3 Å². The molecule has 2 heterocycles. The van der Waals surface area contributed by atoms with Crippen LogP contribution in [0, 0.1) is 0 Å². The number of aromatic nitrogens is 2. The number of rotatable bonds is 5. The highest BCUT2D eigenvalue weighted by atomic mass is 16.5. The molecule has 4 rings (SSSR count). The minimum absolute atomic E-state index is 0.658. The number of nitrogens with one attached hydrogen (secondary N) is 1. The largest absolute Gasteiger partial charge is 0.496 e. The number of nitrogens with two attached hydrogens (primary N) is 2. The maximum Gasteiger partial charge on any atom is 0.181 e. The van der Waals surface area contributed by atoms with E-state index < -0.39 is 0 Å². The lowest BCUT2D eigenvalue weighted by Crippen LogP contribution is -2.06. The Kier molecular flexibility index (Phi) is 6.33. The fourth-order valence-electron chi connectivity index (χ4n) is 2.59. The number of nitrogen functional groups attached to an aromatic ring is 2. The van der Waals surface area contributed by atoms with Gasteiger partial charge in [0.1, 0.15) is 11.5 Å². The van der Waals surface area contributed by atoms with Gasteiger partial charge in [0.05, 0.1) is 43.4 Å². The molecule has 29 heavy (non-hydrogen) atoms. The van der Waals surface area contributed by atoms with Crippen molar-refractivity contribution in [1.29, 1.82) is 0 Å². The molecule has 0 unspecified atom stereocenters. The van der Waals surface area contributed by atoms with E-state index in [1.54, 1.807) is 44.8 Å². The van der Waals surface area contributed by atoms with Crippen LogP contribution in [0.15, 0.2) is 70.4 Å². The lowest BCUT2D eigenvalue weighted by Gasteiger charge is -2.07. The SMILES string of the molecule is COc1cc(N)ccc1-c1cnco1.COc1cc(NN)ccc1-c1cnco1. The van der Waals surface area contributed by atoms with Crippen LogP contribution in [0.4, 0.5) is 11.4 Å². The summed E-state index contributed by atoms with van der Waals surface area (Å²) in [5.41, 5.74) is 11.3. The second kappa shape index (κ2) is 9.29. The van der Waals surface area contributed by atoms with E-state index in [-0.39, 0.29) is 0 Å². The summed E-state index contributed by atoms with van der Waals surface area (Å²) in [4.78, 5) is 7.70. The van der Waals surface area contributed by atoms with Crippen LogP contribution in [0.3, 0.4) is 0 Å². The van der Waals surface area contributed by atoms with Crippen molar-refractivity contribution in [2.24, 2.45) is 5.84 Å². The van der Waals surface area contributed by atoms with Gasteiger partial charge in [-0.05, 0) is 24.3 Å². The van der Waals surface area contributed by atoms with E-state index in [4.69, 9.17) is 29.9 Å². The number of oxazole rings is 2. The number of hydrogen-bond donors (Lipinski definition) is 3. The summed E-state index contributed by atoms with van der Waals surface area (Å²) in [7, 11) is 3.18. The Morgan fingerprint density at radius 1 is 0.828 bits per heavy atom. The lowest BCUT2D eigenvalue weighted by molar-refractivity contribution is 0.414. The zero-order valence-corrected chi connectivity index (χ0v) is 16.0. The van der Waals surface area contributed by atoms with Crippen LogP contribution in [0.5, 0.6) is 11.5 Å². The average molecular weight is 395 g/mol. The summed E-state index contributed by atoms with van der Waals surface area (Å²) in [6.07, 6.45) is 6.02. The topological polar surface area (TPSA) is 135 Å². The molecule has 9 heteroatoms. The Morgan fingerprint density at radius 3 is 1.86 bits per heavy atom. The smallest absolute Gasteiger partial charge is 0.181 e. The first kappa shape index (κ1) is 19.8. The van der Waals surface area contributed by atoms with Gasteiger partial charge in [-0.15, -0.1) is 0 Å². The molecule has 0 atom stereocenters. The number of nitrogens with zero attached hydrogens (tertiary/aromatic N) is 2. The maximum atomic E-state index is 5.63. The highest BCUT2D eigenvalue weighted by Crippen LogP contribution is 2.32. The van der Waals surface area contributed by atoms with Crippen LogP contribution in [-0.2, 0) is 0 Å². The molecular formula is C20H21N5O4. The van der Waals surface area contributed by atoms with Gasteiger partial charge in [0.2, 0.25) is 0 Å². The Hall–Kier alpha value is -3.98. The summed E-state index contributed by atoms with van der Waals surface area (Å²) < 4.78 is 20.8. The highest BCUT2D eigenvalue weighted by Gasteiger charge is 2.09. The minimum Gasteiger partial charge on any atom is -0.496 e. The molecule has 0 fully saturated rings. The molecular weight excluding hydrogens is 374 g/mol. The molecule has 0 amide bonds. The number of hydrazine groups is 1. The number of ether oxygens (including phenoxy) is 2. The summed E-state index contributed by atoms with van der Waals surface area (Å²) in [6, 6.07) is 10.9. The number of benzene rings is 2. The van der Waals surface area contributed by atoms with Crippen molar-refractivity contribution >= 4 is 11.4 Å². The van der Waals surface area contributed by atoms with Gasteiger partial charge in [-0.3, -0.25) is 5.84 Å². The molecule has 2 aromatic heterocycles. The highest BCUT2D eigenvalue weighted by molar-refractivity contribution is 5.69. The molecule has 0 spiro atoms. The molecule has 9 nitrogen and oxygen atoms in total. The van der Waals surface area contributed by atoms with Crippen LogP contribution >= 0.6 is 0 Å². The van der Waals surface area contributed by atoms with Gasteiger partial charge >= 0.3 is 0 Å². The molecule has 2 aromatic carbocycles. The molecule has 0 saturated heterocycles. The van der Waals surface area contributed by atoms with E-state index in [9.17, 15) is 0 Å². The third-order valence-electron chi connectivity index (χ3n) is 3.99. The average Bonchev–Trinajstić information content (AvgIpc) is 3.48. The van der Waals surface area contributed by atoms with E-state index >= 15 is 0 Å². The summed E-state index contributed by atoms with van der Waals surface area (Å²) in [6.45, 7) is 0. The van der Waals surface area contributed by atoms with Crippen molar-refractivity contribution in [3.05, 3.63) is 61.6 Å². The van der Waals surface area contributed by atoms with Gasteiger partial charge in [0.15, 0.2) is 24.3 Å². The van der Waals surface area contributed by atoms with Gasteiger partial charge < -0.3 is 29.5 Å². The van der Waals surface area contributed by atoms with Crippen molar-refractivity contribution in [3.63, 3.8) is 0 Å². The van der Waals surface area contributed by atoms with Crippen LogP contribution in [0.2, 0.25) is 0 Å². The van der Waals surface area contributed by atoms with E-state index in [1.807, 2.05) is 18.2 Å². The monoisotopic (exact) mass is 395 g/mol. The van der Waals surface area contributed by atoms with Gasteiger partial charge in [-0.2, -0.15) is 0 Å². The second-order valence-corrected chi connectivity index (χ2v) is 5.75. The number of methoxy groups -OCH3 is 2. The lowest BCUT2D eigenvalue weighted by atomic mass is 10.1. The standard InChI is InChI=1S/C10H11N3O2.C10H10N2O2/c1-14-9-4-7(13-11)2-3-8(9)10-5-12-6-15-10;1-13-9-4-7(11)2-3-8(9)10-5-12-6-14-10/h2-6,13H,11H2,1H3;2-6H,11H2,1H3. The van der Waals surface area contributed by atoms with Crippen LogP contribution in [-0.4, -0.2) is 24.2 Å². The fourth-order valence-corrected chi connectivity index (χ4v) is 2.59. The molecule has 0 radical (unpaired) electrons. The van der Waals surface area contributed by atoms with Crippen molar-refractivity contribution in [1.82, 2.24) is 9.97 Å². The minimum atomic E-state index is 0.658. The van der Waals surface area contributed by atoms with E-state index in [1.165, 1.54) is 12.8 Å². The molecule has 0 saturated carbocycles. The van der Waals surface area contributed by atoms with Crippen LogP contribution in [0.25, 0.3) is 22.6 Å². The zero-order chi connectivity index (χ0) is 20.6. The van der Waals surface area contributed by atoms with Gasteiger partial charge in [-0.25, -0.2) is 9.97 Å². The predicted molar refractivity (Wildman–Crippen MR) is 109 cm³/mol. The summed E-state index contributed by atoms with van der Waals surface area (Å²) in [5, 5.41) is 0. The quantitative estimate of drug-likeness (QED) is 0.263. The molecule has 0 aliphatic rings.